The molecule has 0 heterocycles. The second-order valence-electron chi connectivity index (χ2n) is 9.09. The number of nitrogens with one attached hydrogen (secondary N) is 3. The summed E-state index contributed by atoms with van der Waals surface area (Å²) in [5.74, 6) is -1.96. The Morgan fingerprint density at radius 3 is 1.81 bits per heavy atom. The fourth-order valence-electron chi connectivity index (χ4n) is 4.24. The molecule has 0 bridgehead atoms. The molecule has 2 atom stereocenters. The largest absolute Gasteiger partial charge is 0.354 e. The SMILES string of the molecule is O=C(C[C@@H](CCCc1ccccc1)C(=O)N[C@@H](Cc1ccccc1)C(=O)NCCc1ccccc1)NO. The van der Waals surface area contributed by atoms with Crippen LogP contribution in [0.3, 0.4) is 0 Å². The highest BCUT2D eigenvalue weighted by atomic mass is 16.5. The maximum absolute atomic E-state index is 13.3. The molecule has 3 rings (SSSR count). The molecule has 0 saturated carbocycles. The number of carbonyl (C=O) groups excluding carboxylic acids is 3. The number of hydrogen-bond acceptors (Lipinski definition) is 4. The van der Waals surface area contributed by atoms with E-state index in [1.54, 1.807) is 5.48 Å². The van der Waals surface area contributed by atoms with E-state index in [1.165, 1.54) is 0 Å². The molecule has 0 saturated heterocycles. The molecule has 3 aromatic rings. The van der Waals surface area contributed by atoms with Crippen LogP contribution in [-0.2, 0) is 33.6 Å². The fraction of sp³-hybridized carbons (Fsp3) is 0.300. The van der Waals surface area contributed by atoms with E-state index < -0.39 is 17.9 Å². The van der Waals surface area contributed by atoms with Gasteiger partial charge >= 0.3 is 0 Å². The molecular weight excluding hydrogens is 466 g/mol. The minimum atomic E-state index is -0.792. The summed E-state index contributed by atoms with van der Waals surface area (Å²) in [5, 5.41) is 14.8. The summed E-state index contributed by atoms with van der Waals surface area (Å²) in [6.45, 7) is 0.442. The number of rotatable bonds is 14. The molecule has 0 unspecified atom stereocenters. The maximum atomic E-state index is 13.3. The predicted molar refractivity (Wildman–Crippen MR) is 143 cm³/mol. The van der Waals surface area contributed by atoms with E-state index in [0.717, 1.165) is 23.1 Å². The van der Waals surface area contributed by atoms with Crippen LogP contribution in [0.5, 0.6) is 0 Å². The van der Waals surface area contributed by atoms with E-state index in [1.807, 2.05) is 91.0 Å². The van der Waals surface area contributed by atoms with E-state index in [0.29, 0.717) is 32.2 Å². The number of benzene rings is 3. The zero-order valence-corrected chi connectivity index (χ0v) is 20.9. The van der Waals surface area contributed by atoms with Gasteiger partial charge in [0.15, 0.2) is 0 Å². The van der Waals surface area contributed by atoms with Gasteiger partial charge in [0.25, 0.3) is 0 Å². The molecule has 0 aliphatic heterocycles. The van der Waals surface area contributed by atoms with Crippen molar-refractivity contribution in [2.45, 2.75) is 44.6 Å². The van der Waals surface area contributed by atoms with Crippen molar-refractivity contribution in [3.63, 3.8) is 0 Å². The molecule has 7 nitrogen and oxygen atoms in total. The Hall–Kier alpha value is -3.97. The van der Waals surface area contributed by atoms with Crippen molar-refractivity contribution in [2.24, 2.45) is 5.92 Å². The number of carbonyl (C=O) groups is 3. The lowest BCUT2D eigenvalue weighted by Gasteiger charge is -2.22. The third-order valence-electron chi connectivity index (χ3n) is 6.26. The van der Waals surface area contributed by atoms with Crippen LogP contribution in [0.1, 0.15) is 36.0 Å². The maximum Gasteiger partial charge on any atom is 0.244 e. The quantitative estimate of drug-likeness (QED) is 0.200. The summed E-state index contributed by atoms with van der Waals surface area (Å²) in [4.78, 5) is 38.3. The Kier molecular flexibility index (Phi) is 11.4. The van der Waals surface area contributed by atoms with Crippen molar-refractivity contribution >= 4 is 17.7 Å². The van der Waals surface area contributed by atoms with Crippen LogP contribution in [0.15, 0.2) is 91.0 Å². The summed E-state index contributed by atoms with van der Waals surface area (Å²) in [6.07, 6.45) is 2.74. The zero-order valence-electron chi connectivity index (χ0n) is 20.9. The van der Waals surface area contributed by atoms with Crippen LogP contribution in [0.4, 0.5) is 0 Å². The standard InChI is InChI=1S/C30H35N3O4/c34-28(33-37)22-26(18-10-17-23-11-4-1-5-12-23)29(35)32-27(21-25-15-8-3-9-16-25)30(36)31-20-19-24-13-6-2-7-14-24/h1-9,11-16,26-27,37H,10,17-22H2,(H,31,36)(H,32,35)(H,33,34)/t26-,27+/m1/s1. The first-order chi connectivity index (χ1) is 18.0. The summed E-state index contributed by atoms with van der Waals surface area (Å²) in [6, 6.07) is 28.5. The molecule has 37 heavy (non-hydrogen) atoms. The van der Waals surface area contributed by atoms with Crippen molar-refractivity contribution < 1.29 is 19.6 Å². The number of hydrogen-bond donors (Lipinski definition) is 4. The third-order valence-corrected chi connectivity index (χ3v) is 6.26. The Balaban J connectivity index is 1.65. The Morgan fingerprint density at radius 2 is 1.24 bits per heavy atom. The molecule has 194 valence electrons. The second kappa shape index (κ2) is 15.2. The van der Waals surface area contributed by atoms with E-state index >= 15 is 0 Å². The molecular formula is C30H35N3O4. The van der Waals surface area contributed by atoms with Gasteiger partial charge in [0.2, 0.25) is 17.7 Å². The zero-order chi connectivity index (χ0) is 26.3. The van der Waals surface area contributed by atoms with E-state index in [9.17, 15) is 14.4 Å². The average Bonchev–Trinajstić information content (AvgIpc) is 2.93. The highest BCUT2D eigenvalue weighted by molar-refractivity contribution is 5.90. The van der Waals surface area contributed by atoms with Crippen molar-refractivity contribution in [3.8, 4) is 0 Å². The van der Waals surface area contributed by atoms with Crippen molar-refractivity contribution in [3.05, 3.63) is 108 Å². The Bertz CT molecular complexity index is 1110. The predicted octanol–water partition coefficient (Wildman–Crippen LogP) is 3.61. The average molecular weight is 502 g/mol. The van der Waals surface area contributed by atoms with Gasteiger partial charge in [0.05, 0.1) is 0 Å². The van der Waals surface area contributed by atoms with E-state index in [-0.39, 0.29) is 18.2 Å². The number of aryl methyl sites for hydroxylation is 1. The number of amides is 3. The molecule has 0 aliphatic rings. The van der Waals surface area contributed by atoms with Crippen LogP contribution >= 0.6 is 0 Å². The topological polar surface area (TPSA) is 108 Å². The first-order valence-electron chi connectivity index (χ1n) is 12.7. The molecule has 0 aromatic heterocycles. The summed E-state index contributed by atoms with van der Waals surface area (Å²) < 4.78 is 0. The van der Waals surface area contributed by atoms with Gasteiger partial charge in [-0.25, -0.2) is 5.48 Å². The summed E-state index contributed by atoms with van der Waals surface area (Å²) in [5.41, 5.74) is 4.79. The van der Waals surface area contributed by atoms with Gasteiger partial charge in [-0.3, -0.25) is 19.6 Å². The monoisotopic (exact) mass is 501 g/mol. The second-order valence-corrected chi connectivity index (χ2v) is 9.09. The first-order valence-corrected chi connectivity index (χ1v) is 12.7. The van der Waals surface area contributed by atoms with Crippen molar-refractivity contribution in [2.75, 3.05) is 6.54 Å². The molecule has 4 N–H and O–H groups in total. The lowest BCUT2D eigenvalue weighted by molar-refractivity contribution is -0.136. The Morgan fingerprint density at radius 1 is 0.703 bits per heavy atom. The van der Waals surface area contributed by atoms with Crippen LogP contribution < -0.4 is 16.1 Å². The van der Waals surface area contributed by atoms with Crippen LogP contribution in [0, 0.1) is 5.92 Å². The molecule has 0 fully saturated rings. The highest BCUT2D eigenvalue weighted by Crippen LogP contribution is 2.16. The van der Waals surface area contributed by atoms with Gasteiger partial charge in [0, 0.05) is 25.3 Å². The first kappa shape index (κ1) is 27.6. The Labute approximate surface area is 218 Å². The third kappa shape index (κ3) is 9.89. The molecule has 0 aliphatic carbocycles. The highest BCUT2D eigenvalue weighted by Gasteiger charge is 2.27. The van der Waals surface area contributed by atoms with Crippen LogP contribution in [0.25, 0.3) is 0 Å². The smallest absolute Gasteiger partial charge is 0.244 e. The van der Waals surface area contributed by atoms with Gasteiger partial charge < -0.3 is 10.6 Å². The summed E-state index contributed by atoms with van der Waals surface area (Å²) >= 11 is 0. The van der Waals surface area contributed by atoms with Crippen LogP contribution in [-0.4, -0.2) is 35.5 Å². The molecule has 3 aromatic carbocycles. The van der Waals surface area contributed by atoms with E-state index in [4.69, 9.17) is 5.21 Å². The minimum Gasteiger partial charge on any atom is -0.354 e. The normalized spacial score (nSPS) is 12.2. The molecule has 7 heteroatoms. The minimum absolute atomic E-state index is 0.162. The van der Waals surface area contributed by atoms with Gasteiger partial charge in [-0.1, -0.05) is 91.0 Å². The van der Waals surface area contributed by atoms with Gasteiger partial charge in [-0.2, -0.15) is 0 Å². The van der Waals surface area contributed by atoms with Crippen LogP contribution in [0.2, 0.25) is 0 Å². The van der Waals surface area contributed by atoms with E-state index in [2.05, 4.69) is 10.6 Å². The fourth-order valence-corrected chi connectivity index (χ4v) is 4.24. The van der Waals surface area contributed by atoms with Crippen molar-refractivity contribution in [1.82, 2.24) is 16.1 Å². The van der Waals surface area contributed by atoms with Gasteiger partial charge in [0.1, 0.15) is 6.04 Å². The molecule has 0 spiro atoms. The lowest BCUT2D eigenvalue weighted by Crippen LogP contribution is -2.50. The van der Waals surface area contributed by atoms with Gasteiger partial charge in [-0.05, 0) is 42.4 Å². The summed E-state index contributed by atoms with van der Waals surface area (Å²) in [7, 11) is 0. The molecule has 3 amide bonds. The van der Waals surface area contributed by atoms with Gasteiger partial charge in [-0.15, -0.1) is 0 Å². The molecule has 0 radical (unpaired) electrons. The lowest BCUT2D eigenvalue weighted by atomic mass is 9.94. The number of hydroxylamine groups is 1. The van der Waals surface area contributed by atoms with Crippen molar-refractivity contribution in [1.29, 1.82) is 0 Å².